The van der Waals surface area contributed by atoms with Crippen LogP contribution in [0.15, 0.2) is 16.5 Å². The molecule has 2 aromatic rings. The number of aromatic nitrogens is 3. The molecule has 26 heavy (non-hydrogen) atoms. The molecular formula is C19H29N5O2. The summed E-state index contributed by atoms with van der Waals surface area (Å²) in [5.41, 5.74) is 0. The lowest BCUT2D eigenvalue weighted by Gasteiger charge is -2.19. The number of hydrogen-bond donors (Lipinski definition) is 1. The van der Waals surface area contributed by atoms with Gasteiger partial charge in [0, 0.05) is 38.4 Å². The van der Waals surface area contributed by atoms with Crippen LogP contribution in [0.1, 0.15) is 56.9 Å². The Hall–Kier alpha value is -2.15. The van der Waals surface area contributed by atoms with E-state index in [4.69, 9.17) is 4.42 Å². The number of nitrogens with one attached hydrogen (secondary N) is 1. The molecule has 142 valence electrons. The van der Waals surface area contributed by atoms with Crippen LogP contribution in [0, 0.1) is 5.92 Å². The fraction of sp³-hybridized carbons (Fsp3) is 0.632. The van der Waals surface area contributed by atoms with Gasteiger partial charge in [0.25, 0.3) is 0 Å². The van der Waals surface area contributed by atoms with Crippen LogP contribution in [-0.2, 0) is 30.7 Å². The van der Waals surface area contributed by atoms with Crippen molar-refractivity contribution >= 4 is 5.91 Å². The lowest BCUT2D eigenvalue weighted by atomic mass is 10.2. The van der Waals surface area contributed by atoms with Crippen molar-refractivity contribution in [3.05, 3.63) is 35.3 Å². The van der Waals surface area contributed by atoms with Crippen LogP contribution in [0.4, 0.5) is 0 Å². The largest absolute Gasteiger partial charge is 0.465 e. The van der Waals surface area contributed by atoms with Crippen LogP contribution in [0.3, 0.4) is 0 Å². The predicted molar refractivity (Wildman–Crippen MR) is 98.5 cm³/mol. The fourth-order valence-electron chi connectivity index (χ4n) is 3.23. The molecule has 0 bridgehead atoms. The van der Waals surface area contributed by atoms with E-state index in [9.17, 15) is 4.79 Å². The summed E-state index contributed by atoms with van der Waals surface area (Å²) in [7, 11) is 0. The Bertz CT molecular complexity index is 749. The molecule has 7 nitrogen and oxygen atoms in total. The molecular weight excluding hydrogens is 330 g/mol. The van der Waals surface area contributed by atoms with E-state index in [1.807, 2.05) is 20.8 Å². The van der Waals surface area contributed by atoms with Gasteiger partial charge in [0.15, 0.2) is 5.82 Å². The predicted octanol–water partition coefficient (Wildman–Crippen LogP) is 2.33. The number of aryl methyl sites for hydroxylation is 1. The molecule has 0 aromatic carbocycles. The number of carbonyl (C=O) groups is 1. The minimum atomic E-state index is -0.144. The molecule has 2 aromatic heterocycles. The van der Waals surface area contributed by atoms with E-state index in [1.165, 1.54) is 0 Å². The second kappa shape index (κ2) is 8.03. The molecule has 7 heteroatoms. The summed E-state index contributed by atoms with van der Waals surface area (Å²) in [5.74, 6) is 3.86. The normalized spacial score (nSPS) is 16.3. The van der Waals surface area contributed by atoms with Gasteiger partial charge in [-0.15, -0.1) is 10.2 Å². The zero-order valence-corrected chi connectivity index (χ0v) is 16.2. The molecule has 0 spiro atoms. The van der Waals surface area contributed by atoms with Crippen molar-refractivity contribution in [3.8, 4) is 0 Å². The van der Waals surface area contributed by atoms with Gasteiger partial charge >= 0.3 is 0 Å². The van der Waals surface area contributed by atoms with Gasteiger partial charge in [-0.05, 0) is 19.1 Å². The highest BCUT2D eigenvalue weighted by Crippen LogP contribution is 2.18. The van der Waals surface area contributed by atoms with Gasteiger partial charge in [-0.2, -0.15) is 0 Å². The van der Waals surface area contributed by atoms with Crippen LogP contribution in [0.5, 0.6) is 0 Å². The SMILES string of the molecule is CCc1ccc(CN2CCc3nnc([C@@H](C)NC(=O)C(C)C)n3CC2)o1. The molecule has 0 radical (unpaired) electrons. The zero-order valence-electron chi connectivity index (χ0n) is 16.2. The molecule has 1 amide bonds. The highest BCUT2D eigenvalue weighted by molar-refractivity contribution is 5.78. The summed E-state index contributed by atoms with van der Waals surface area (Å²) in [6.45, 7) is 11.3. The Labute approximate surface area is 154 Å². The van der Waals surface area contributed by atoms with E-state index in [0.717, 1.165) is 62.2 Å². The van der Waals surface area contributed by atoms with Crippen LogP contribution >= 0.6 is 0 Å². The Morgan fingerprint density at radius 2 is 1.96 bits per heavy atom. The maximum Gasteiger partial charge on any atom is 0.223 e. The summed E-state index contributed by atoms with van der Waals surface area (Å²) < 4.78 is 8.00. The minimum Gasteiger partial charge on any atom is -0.465 e. The Balaban J connectivity index is 1.64. The number of fused-ring (bicyclic) bond motifs is 1. The molecule has 0 unspecified atom stereocenters. The number of hydrogen-bond acceptors (Lipinski definition) is 5. The topological polar surface area (TPSA) is 76.2 Å². The highest BCUT2D eigenvalue weighted by Gasteiger charge is 2.23. The van der Waals surface area contributed by atoms with E-state index < -0.39 is 0 Å². The second-order valence-electron chi connectivity index (χ2n) is 7.26. The van der Waals surface area contributed by atoms with Crippen molar-refractivity contribution in [3.63, 3.8) is 0 Å². The summed E-state index contributed by atoms with van der Waals surface area (Å²) in [6, 6.07) is 3.98. The molecule has 3 heterocycles. The third kappa shape index (κ3) is 4.15. The lowest BCUT2D eigenvalue weighted by Crippen LogP contribution is -2.32. The molecule has 1 atom stereocenters. The Morgan fingerprint density at radius 3 is 2.65 bits per heavy atom. The van der Waals surface area contributed by atoms with Gasteiger partial charge in [-0.1, -0.05) is 20.8 Å². The van der Waals surface area contributed by atoms with Crippen LogP contribution < -0.4 is 5.32 Å². The average Bonchev–Trinajstić information content (AvgIpc) is 3.18. The Kier molecular flexibility index (Phi) is 5.76. The maximum absolute atomic E-state index is 12.0. The fourth-order valence-corrected chi connectivity index (χ4v) is 3.23. The second-order valence-corrected chi connectivity index (χ2v) is 7.26. The third-order valence-corrected chi connectivity index (χ3v) is 4.86. The van der Waals surface area contributed by atoms with Crippen molar-refractivity contribution in [2.24, 2.45) is 5.92 Å². The molecule has 1 aliphatic heterocycles. The first kappa shape index (κ1) is 18.6. The van der Waals surface area contributed by atoms with Gasteiger partial charge in [-0.25, -0.2) is 0 Å². The molecule has 0 aliphatic carbocycles. The van der Waals surface area contributed by atoms with E-state index in [-0.39, 0.29) is 17.9 Å². The number of nitrogens with zero attached hydrogens (tertiary/aromatic N) is 4. The molecule has 0 fully saturated rings. The molecule has 1 aliphatic rings. The molecule has 0 saturated carbocycles. The average molecular weight is 359 g/mol. The van der Waals surface area contributed by atoms with Gasteiger partial charge < -0.3 is 14.3 Å². The monoisotopic (exact) mass is 359 g/mol. The van der Waals surface area contributed by atoms with Crippen molar-refractivity contribution in [2.45, 2.75) is 59.7 Å². The van der Waals surface area contributed by atoms with Crippen molar-refractivity contribution < 1.29 is 9.21 Å². The number of amides is 1. The van der Waals surface area contributed by atoms with E-state index in [1.54, 1.807) is 0 Å². The zero-order chi connectivity index (χ0) is 18.7. The standard InChI is InChI=1S/C19H29N5O2/c1-5-15-6-7-16(26-15)12-23-9-8-17-21-22-18(24(17)11-10-23)14(4)20-19(25)13(2)3/h6-7,13-14H,5,8-12H2,1-4H3,(H,20,25)/t14-/m1/s1. The minimum absolute atomic E-state index is 0.0367. The number of furan rings is 1. The quantitative estimate of drug-likeness (QED) is 0.857. The van der Waals surface area contributed by atoms with Crippen molar-refractivity contribution in [1.29, 1.82) is 0 Å². The van der Waals surface area contributed by atoms with Gasteiger partial charge in [0.1, 0.15) is 17.3 Å². The maximum atomic E-state index is 12.0. The number of rotatable bonds is 6. The van der Waals surface area contributed by atoms with Crippen LogP contribution in [0.2, 0.25) is 0 Å². The van der Waals surface area contributed by atoms with Crippen LogP contribution in [-0.4, -0.2) is 38.7 Å². The van der Waals surface area contributed by atoms with E-state index in [0.29, 0.717) is 0 Å². The smallest absolute Gasteiger partial charge is 0.223 e. The van der Waals surface area contributed by atoms with Gasteiger partial charge in [-0.3, -0.25) is 9.69 Å². The summed E-state index contributed by atoms with van der Waals surface area (Å²) in [4.78, 5) is 14.4. The summed E-state index contributed by atoms with van der Waals surface area (Å²) in [6.07, 6.45) is 1.77. The first-order valence-corrected chi connectivity index (χ1v) is 9.50. The van der Waals surface area contributed by atoms with Crippen molar-refractivity contribution in [2.75, 3.05) is 13.1 Å². The Morgan fingerprint density at radius 1 is 1.19 bits per heavy atom. The molecule has 3 rings (SSSR count). The van der Waals surface area contributed by atoms with Crippen molar-refractivity contribution in [1.82, 2.24) is 25.0 Å². The van der Waals surface area contributed by atoms with Crippen LogP contribution in [0.25, 0.3) is 0 Å². The van der Waals surface area contributed by atoms with Gasteiger partial charge in [0.05, 0.1) is 12.6 Å². The summed E-state index contributed by atoms with van der Waals surface area (Å²) in [5, 5.41) is 11.7. The van der Waals surface area contributed by atoms with E-state index in [2.05, 4.69) is 44.0 Å². The lowest BCUT2D eigenvalue weighted by molar-refractivity contribution is -0.124. The van der Waals surface area contributed by atoms with E-state index >= 15 is 0 Å². The first-order chi connectivity index (χ1) is 12.5. The third-order valence-electron chi connectivity index (χ3n) is 4.86. The first-order valence-electron chi connectivity index (χ1n) is 9.50. The highest BCUT2D eigenvalue weighted by atomic mass is 16.3. The summed E-state index contributed by atoms with van der Waals surface area (Å²) >= 11 is 0. The number of carbonyl (C=O) groups excluding carboxylic acids is 1. The molecule has 0 saturated heterocycles. The molecule has 1 N–H and O–H groups in total. The van der Waals surface area contributed by atoms with Gasteiger partial charge in [0.2, 0.25) is 5.91 Å².